The molecule has 1 aliphatic carbocycles. The van der Waals surface area contributed by atoms with E-state index >= 15 is 0 Å². The van der Waals surface area contributed by atoms with Crippen molar-refractivity contribution in [2.45, 2.75) is 70.3 Å². The zero-order chi connectivity index (χ0) is 15.5. The van der Waals surface area contributed by atoms with E-state index in [1.807, 2.05) is 11.8 Å². The van der Waals surface area contributed by atoms with Crippen molar-refractivity contribution in [2.75, 3.05) is 18.1 Å². The summed E-state index contributed by atoms with van der Waals surface area (Å²) in [6, 6.07) is 0.779. The molecule has 2 fully saturated rings. The Morgan fingerprint density at radius 3 is 2.67 bits per heavy atom. The minimum atomic E-state index is -4.22. The molecule has 21 heavy (non-hydrogen) atoms. The summed E-state index contributed by atoms with van der Waals surface area (Å²) in [5.74, 6) is 2.29. The van der Waals surface area contributed by atoms with Gasteiger partial charge < -0.3 is 10.1 Å². The molecule has 0 radical (unpaired) electrons. The van der Waals surface area contributed by atoms with Crippen LogP contribution in [0.5, 0.6) is 0 Å². The number of halogens is 3. The lowest BCUT2D eigenvalue weighted by atomic mass is 9.86. The average molecular weight is 325 g/mol. The number of nitrogens with one attached hydrogen (secondary N) is 1. The van der Waals surface area contributed by atoms with Gasteiger partial charge in [-0.3, -0.25) is 0 Å². The maximum atomic E-state index is 12.2. The largest absolute Gasteiger partial charge is 0.411 e. The lowest BCUT2D eigenvalue weighted by Crippen LogP contribution is -2.47. The summed E-state index contributed by atoms with van der Waals surface area (Å²) in [4.78, 5) is 0. The van der Waals surface area contributed by atoms with E-state index in [1.54, 1.807) is 0 Å². The van der Waals surface area contributed by atoms with Gasteiger partial charge in [-0.1, -0.05) is 13.8 Å². The third-order valence-corrected chi connectivity index (χ3v) is 5.81. The molecule has 0 aromatic carbocycles. The Morgan fingerprint density at radius 2 is 2.00 bits per heavy atom. The van der Waals surface area contributed by atoms with Gasteiger partial charge in [0.25, 0.3) is 0 Å². The monoisotopic (exact) mass is 325 g/mol. The van der Waals surface area contributed by atoms with Gasteiger partial charge >= 0.3 is 6.18 Å². The van der Waals surface area contributed by atoms with Crippen LogP contribution >= 0.6 is 11.8 Å². The lowest BCUT2D eigenvalue weighted by Gasteiger charge is -2.39. The summed E-state index contributed by atoms with van der Waals surface area (Å²) in [7, 11) is 0. The van der Waals surface area contributed by atoms with Crippen molar-refractivity contribution in [1.29, 1.82) is 0 Å². The predicted molar refractivity (Wildman–Crippen MR) is 80.7 cm³/mol. The molecule has 1 N–H and O–H groups in total. The van der Waals surface area contributed by atoms with E-state index in [0.717, 1.165) is 31.4 Å². The first kappa shape index (κ1) is 17.4. The van der Waals surface area contributed by atoms with Crippen molar-refractivity contribution < 1.29 is 17.9 Å². The van der Waals surface area contributed by atoms with Gasteiger partial charge in [0, 0.05) is 17.8 Å². The Balaban J connectivity index is 1.76. The summed E-state index contributed by atoms with van der Waals surface area (Å²) < 4.78 is 41.7. The van der Waals surface area contributed by atoms with E-state index in [2.05, 4.69) is 19.2 Å². The highest BCUT2D eigenvalue weighted by Gasteiger charge is 2.33. The number of thioether (sulfide) groups is 1. The summed E-state index contributed by atoms with van der Waals surface area (Å²) in [5.41, 5.74) is 0.349. The molecule has 0 bridgehead atoms. The first-order chi connectivity index (χ1) is 9.73. The van der Waals surface area contributed by atoms with Crippen LogP contribution in [0.2, 0.25) is 0 Å². The van der Waals surface area contributed by atoms with Crippen LogP contribution < -0.4 is 5.32 Å². The predicted octanol–water partition coefficient (Wildman–Crippen LogP) is 4.00. The third kappa shape index (κ3) is 6.37. The first-order valence-corrected chi connectivity index (χ1v) is 8.91. The lowest BCUT2D eigenvalue weighted by molar-refractivity contribution is -0.188. The quantitative estimate of drug-likeness (QED) is 0.844. The number of ether oxygens (including phenoxy) is 1. The van der Waals surface area contributed by atoms with Gasteiger partial charge in [-0.15, -0.1) is 0 Å². The van der Waals surface area contributed by atoms with Crippen LogP contribution in [0.4, 0.5) is 13.2 Å². The van der Waals surface area contributed by atoms with E-state index < -0.39 is 12.8 Å². The molecular weight excluding hydrogens is 299 g/mol. The van der Waals surface area contributed by atoms with E-state index in [0.29, 0.717) is 23.9 Å². The second kappa shape index (κ2) is 7.09. The number of hydrogen-bond acceptors (Lipinski definition) is 3. The van der Waals surface area contributed by atoms with Crippen molar-refractivity contribution in [1.82, 2.24) is 5.32 Å². The van der Waals surface area contributed by atoms with Crippen LogP contribution in [0, 0.1) is 5.41 Å². The summed E-state index contributed by atoms with van der Waals surface area (Å²) in [5, 5.41) is 3.66. The average Bonchev–Trinajstić information content (AvgIpc) is 2.35. The normalized spacial score (nSPS) is 33.9. The molecule has 2 aliphatic rings. The van der Waals surface area contributed by atoms with Crippen molar-refractivity contribution in [3.8, 4) is 0 Å². The topological polar surface area (TPSA) is 21.3 Å². The zero-order valence-corrected chi connectivity index (χ0v) is 13.7. The second-order valence-corrected chi connectivity index (χ2v) is 8.19. The molecule has 2 nitrogen and oxygen atoms in total. The smallest absolute Gasteiger partial charge is 0.369 e. The van der Waals surface area contributed by atoms with Crippen molar-refractivity contribution in [2.24, 2.45) is 5.41 Å². The maximum absolute atomic E-state index is 12.2. The van der Waals surface area contributed by atoms with Gasteiger partial charge in [0.2, 0.25) is 0 Å². The van der Waals surface area contributed by atoms with Gasteiger partial charge in [0.15, 0.2) is 0 Å². The van der Waals surface area contributed by atoms with Crippen molar-refractivity contribution >= 4 is 11.8 Å². The summed E-state index contributed by atoms with van der Waals surface area (Å²) >= 11 is 1.97. The highest BCUT2D eigenvalue weighted by Crippen LogP contribution is 2.34. The fourth-order valence-electron chi connectivity index (χ4n) is 3.36. The van der Waals surface area contributed by atoms with Crippen LogP contribution in [0.1, 0.15) is 46.0 Å². The molecule has 0 aromatic rings. The SMILES string of the molecule is CC1(C)CSCC(NC2CCCC(OCC(F)(F)F)C2)C1. The third-order valence-electron chi connectivity index (χ3n) is 4.19. The van der Waals surface area contributed by atoms with E-state index in [4.69, 9.17) is 4.74 Å². The summed E-state index contributed by atoms with van der Waals surface area (Å²) in [6.45, 7) is 3.45. The van der Waals surface area contributed by atoms with E-state index in [9.17, 15) is 13.2 Å². The molecule has 2 rings (SSSR count). The molecule has 3 unspecified atom stereocenters. The van der Waals surface area contributed by atoms with E-state index in [-0.39, 0.29) is 6.10 Å². The van der Waals surface area contributed by atoms with Gasteiger partial charge in [0.1, 0.15) is 6.61 Å². The molecule has 0 aromatic heterocycles. The van der Waals surface area contributed by atoms with Gasteiger partial charge in [0.05, 0.1) is 6.10 Å². The highest BCUT2D eigenvalue weighted by atomic mass is 32.2. The minimum Gasteiger partial charge on any atom is -0.369 e. The van der Waals surface area contributed by atoms with Gasteiger partial charge in [-0.25, -0.2) is 0 Å². The first-order valence-electron chi connectivity index (χ1n) is 7.76. The van der Waals surface area contributed by atoms with Crippen LogP contribution in [0.3, 0.4) is 0 Å². The highest BCUT2D eigenvalue weighted by molar-refractivity contribution is 7.99. The Morgan fingerprint density at radius 1 is 1.24 bits per heavy atom. The Labute approximate surface area is 129 Å². The van der Waals surface area contributed by atoms with Gasteiger partial charge in [-0.2, -0.15) is 24.9 Å². The van der Waals surface area contributed by atoms with Crippen LogP contribution in [0.25, 0.3) is 0 Å². The minimum absolute atomic E-state index is 0.248. The molecule has 0 spiro atoms. The molecule has 1 saturated heterocycles. The van der Waals surface area contributed by atoms with Gasteiger partial charge in [-0.05, 0) is 43.3 Å². The van der Waals surface area contributed by atoms with Crippen LogP contribution in [-0.4, -0.2) is 42.5 Å². The number of alkyl halides is 3. The zero-order valence-electron chi connectivity index (χ0n) is 12.8. The number of rotatable bonds is 4. The Kier molecular flexibility index (Phi) is 5.88. The maximum Gasteiger partial charge on any atom is 0.411 e. The number of hydrogen-bond donors (Lipinski definition) is 1. The Hall–Kier alpha value is 0.0600. The van der Waals surface area contributed by atoms with E-state index in [1.165, 1.54) is 5.75 Å². The molecule has 1 aliphatic heterocycles. The molecule has 6 heteroatoms. The Bertz CT molecular complexity index is 335. The molecule has 1 heterocycles. The fourth-order valence-corrected chi connectivity index (χ4v) is 4.65. The molecule has 0 amide bonds. The molecular formula is C15H26F3NOS. The van der Waals surface area contributed by atoms with Crippen LogP contribution in [0.15, 0.2) is 0 Å². The fraction of sp³-hybridized carbons (Fsp3) is 1.00. The molecule has 3 atom stereocenters. The molecule has 1 saturated carbocycles. The van der Waals surface area contributed by atoms with Crippen molar-refractivity contribution in [3.63, 3.8) is 0 Å². The summed E-state index contributed by atoms with van der Waals surface area (Å²) in [6.07, 6.45) is 0.130. The molecule has 124 valence electrons. The second-order valence-electron chi connectivity index (χ2n) is 7.16. The van der Waals surface area contributed by atoms with Crippen LogP contribution in [-0.2, 0) is 4.74 Å². The standard InChI is InChI=1S/C15H26F3NOS/c1-14(2)7-12(8-21-10-14)19-11-4-3-5-13(6-11)20-9-15(16,17)18/h11-13,19H,3-10H2,1-2H3. The van der Waals surface area contributed by atoms with Crippen molar-refractivity contribution in [3.05, 3.63) is 0 Å².